The average Bonchev–Trinajstić information content (AvgIpc) is 2.33. The highest BCUT2D eigenvalue weighted by Crippen LogP contribution is 2.29. The first kappa shape index (κ1) is 13.6. The van der Waals surface area contributed by atoms with Gasteiger partial charge in [0.05, 0.1) is 25.6 Å². The minimum absolute atomic E-state index is 0.317. The number of halogens is 1. The van der Waals surface area contributed by atoms with Crippen LogP contribution in [0, 0.1) is 0 Å². The smallest absolute Gasteiger partial charge is 0.142 e. The highest BCUT2D eigenvalue weighted by Gasteiger charge is 2.05. The molecule has 0 radical (unpaired) electrons. The topological polar surface area (TPSA) is 30.5 Å². The summed E-state index contributed by atoms with van der Waals surface area (Å²) in [5.74, 6) is 1.56. The minimum Gasteiger partial charge on any atom is -0.494 e. The Morgan fingerprint density at radius 1 is 1.18 bits per heavy atom. The first-order valence-electron chi connectivity index (χ1n) is 6.01. The summed E-state index contributed by atoms with van der Waals surface area (Å²) in [4.78, 5) is 0. The Kier molecular flexibility index (Phi) is 6.22. The van der Waals surface area contributed by atoms with Crippen LogP contribution in [-0.4, -0.2) is 26.4 Å². The highest BCUT2D eigenvalue weighted by atomic mass is 19.1. The van der Waals surface area contributed by atoms with Crippen LogP contribution in [0.15, 0.2) is 18.2 Å². The quantitative estimate of drug-likeness (QED) is 0.709. The summed E-state index contributed by atoms with van der Waals surface area (Å²) in [6.45, 7) is 5.37. The molecule has 0 amide bonds. The molecule has 0 aliphatic heterocycles. The van der Waals surface area contributed by atoms with E-state index in [2.05, 4.69) is 5.32 Å². The largest absolute Gasteiger partial charge is 0.494 e. The van der Waals surface area contributed by atoms with E-state index in [0.717, 1.165) is 17.2 Å². The van der Waals surface area contributed by atoms with Gasteiger partial charge in [-0.3, -0.25) is 4.39 Å². The Morgan fingerprint density at radius 2 is 1.94 bits per heavy atom. The van der Waals surface area contributed by atoms with Crippen molar-refractivity contribution in [3.8, 4) is 11.5 Å². The van der Waals surface area contributed by atoms with Crippen molar-refractivity contribution in [2.45, 2.75) is 20.3 Å². The number of hydrogen-bond acceptors (Lipinski definition) is 3. The lowest BCUT2D eigenvalue weighted by molar-refractivity contribution is 0.331. The predicted octanol–water partition coefficient (Wildman–Crippen LogP) is 3.26. The fourth-order valence-electron chi connectivity index (χ4n) is 1.47. The lowest BCUT2D eigenvalue weighted by Gasteiger charge is -2.13. The fourth-order valence-corrected chi connectivity index (χ4v) is 1.47. The summed E-state index contributed by atoms with van der Waals surface area (Å²) in [5.41, 5.74) is 0.853. The van der Waals surface area contributed by atoms with E-state index in [0.29, 0.717) is 26.2 Å². The number of benzene rings is 1. The Bertz CT molecular complexity index is 331. The molecular weight excluding hydrogens is 221 g/mol. The average molecular weight is 241 g/mol. The van der Waals surface area contributed by atoms with Gasteiger partial charge in [0.25, 0.3) is 0 Å². The lowest BCUT2D eigenvalue weighted by atomic mass is 10.2. The molecule has 1 N–H and O–H groups in total. The first-order chi connectivity index (χ1) is 8.31. The molecule has 0 heterocycles. The standard InChI is InChI=1S/C13H20FNO2/c1-3-16-11-6-7-13(17-4-2)12(10-11)15-9-5-8-14/h6-7,10,15H,3-5,8-9H2,1-2H3. The fraction of sp³-hybridized carbons (Fsp3) is 0.538. The van der Waals surface area contributed by atoms with Crippen molar-refractivity contribution < 1.29 is 13.9 Å². The lowest BCUT2D eigenvalue weighted by Crippen LogP contribution is -2.05. The first-order valence-corrected chi connectivity index (χ1v) is 6.01. The van der Waals surface area contributed by atoms with Crippen LogP contribution >= 0.6 is 0 Å². The normalized spacial score (nSPS) is 10.1. The molecule has 0 fully saturated rings. The number of anilines is 1. The molecule has 0 unspecified atom stereocenters. The van der Waals surface area contributed by atoms with Gasteiger partial charge in [-0.2, -0.15) is 0 Å². The number of rotatable bonds is 8. The van der Waals surface area contributed by atoms with E-state index in [9.17, 15) is 4.39 Å². The van der Waals surface area contributed by atoms with E-state index < -0.39 is 0 Å². The molecule has 4 heteroatoms. The second-order valence-electron chi connectivity index (χ2n) is 3.49. The van der Waals surface area contributed by atoms with E-state index in [-0.39, 0.29) is 6.67 Å². The maximum absolute atomic E-state index is 12.0. The van der Waals surface area contributed by atoms with Crippen LogP contribution < -0.4 is 14.8 Å². The van der Waals surface area contributed by atoms with Gasteiger partial charge in [0, 0.05) is 12.6 Å². The summed E-state index contributed by atoms with van der Waals surface area (Å²) in [6.07, 6.45) is 0.491. The Labute approximate surface area is 102 Å². The third-order valence-corrected chi connectivity index (χ3v) is 2.19. The van der Waals surface area contributed by atoms with Crippen molar-refractivity contribution in [1.82, 2.24) is 0 Å². The molecule has 17 heavy (non-hydrogen) atoms. The molecule has 0 saturated heterocycles. The summed E-state index contributed by atoms with van der Waals surface area (Å²) in [7, 11) is 0. The van der Waals surface area contributed by atoms with Crippen LogP contribution in [0.4, 0.5) is 10.1 Å². The van der Waals surface area contributed by atoms with Crippen molar-refractivity contribution in [3.05, 3.63) is 18.2 Å². The third-order valence-electron chi connectivity index (χ3n) is 2.19. The van der Waals surface area contributed by atoms with E-state index in [4.69, 9.17) is 9.47 Å². The SMILES string of the molecule is CCOc1ccc(OCC)c(NCCCF)c1. The van der Waals surface area contributed by atoms with Gasteiger partial charge in [0.1, 0.15) is 11.5 Å². The van der Waals surface area contributed by atoms with Crippen LogP contribution in [0.2, 0.25) is 0 Å². The second kappa shape index (κ2) is 7.76. The van der Waals surface area contributed by atoms with Crippen molar-refractivity contribution in [2.24, 2.45) is 0 Å². The maximum Gasteiger partial charge on any atom is 0.142 e. The zero-order valence-corrected chi connectivity index (χ0v) is 10.5. The Hall–Kier alpha value is -1.45. The summed E-state index contributed by atoms with van der Waals surface area (Å²) >= 11 is 0. The van der Waals surface area contributed by atoms with E-state index >= 15 is 0 Å². The van der Waals surface area contributed by atoms with E-state index in [1.807, 2.05) is 32.0 Å². The van der Waals surface area contributed by atoms with Crippen LogP contribution in [-0.2, 0) is 0 Å². The third kappa shape index (κ3) is 4.51. The number of ether oxygens (including phenoxy) is 2. The van der Waals surface area contributed by atoms with Crippen LogP contribution in [0.25, 0.3) is 0 Å². The molecule has 1 aromatic carbocycles. The number of alkyl halides is 1. The van der Waals surface area contributed by atoms with Gasteiger partial charge in [-0.1, -0.05) is 0 Å². The maximum atomic E-state index is 12.0. The van der Waals surface area contributed by atoms with Gasteiger partial charge in [-0.05, 0) is 32.4 Å². The molecular formula is C13H20FNO2. The molecule has 1 rings (SSSR count). The van der Waals surface area contributed by atoms with Crippen LogP contribution in [0.5, 0.6) is 11.5 Å². The van der Waals surface area contributed by atoms with Gasteiger partial charge >= 0.3 is 0 Å². The molecule has 1 aromatic rings. The van der Waals surface area contributed by atoms with E-state index in [1.54, 1.807) is 0 Å². The molecule has 3 nitrogen and oxygen atoms in total. The van der Waals surface area contributed by atoms with Crippen molar-refractivity contribution >= 4 is 5.69 Å². The zero-order chi connectivity index (χ0) is 12.5. The molecule has 0 aliphatic carbocycles. The van der Waals surface area contributed by atoms with Gasteiger partial charge in [0.2, 0.25) is 0 Å². The molecule has 0 bridgehead atoms. The van der Waals surface area contributed by atoms with Crippen molar-refractivity contribution in [3.63, 3.8) is 0 Å². The van der Waals surface area contributed by atoms with Crippen molar-refractivity contribution in [1.29, 1.82) is 0 Å². The highest BCUT2D eigenvalue weighted by molar-refractivity contribution is 5.59. The molecule has 96 valence electrons. The number of nitrogens with one attached hydrogen (secondary N) is 1. The molecule has 0 aliphatic rings. The molecule has 0 aromatic heterocycles. The van der Waals surface area contributed by atoms with Crippen LogP contribution in [0.3, 0.4) is 0 Å². The molecule has 0 spiro atoms. The number of hydrogen-bond donors (Lipinski definition) is 1. The van der Waals surface area contributed by atoms with Gasteiger partial charge < -0.3 is 14.8 Å². The van der Waals surface area contributed by atoms with Gasteiger partial charge in [-0.25, -0.2) is 0 Å². The molecule has 0 saturated carbocycles. The minimum atomic E-state index is -0.317. The predicted molar refractivity (Wildman–Crippen MR) is 67.9 cm³/mol. The summed E-state index contributed by atoms with van der Waals surface area (Å²) in [5, 5.41) is 3.15. The Morgan fingerprint density at radius 3 is 2.59 bits per heavy atom. The second-order valence-corrected chi connectivity index (χ2v) is 3.49. The zero-order valence-electron chi connectivity index (χ0n) is 10.5. The van der Waals surface area contributed by atoms with Gasteiger partial charge in [0.15, 0.2) is 0 Å². The van der Waals surface area contributed by atoms with E-state index in [1.165, 1.54) is 0 Å². The Balaban J connectivity index is 2.74. The summed E-state index contributed by atoms with van der Waals surface area (Å²) in [6, 6.07) is 5.62. The monoisotopic (exact) mass is 241 g/mol. The van der Waals surface area contributed by atoms with Crippen molar-refractivity contribution in [2.75, 3.05) is 31.7 Å². The van der Waals surface area contributed by atoms with Crippen LogP contribution in [0.1, 0.15) is 20.3 Å². The summed E-state index contributed by atoms with van der Waals surface area (Å²) < 4.78 is 23.0. The molecule has 0 atom stereocenters. The van der Waals surface area contributed by atoms with Gasteiger partial charge in [-0.15, -0.1) is 0 Å².